The van der Waals surface area contributed by atoms with Gasteiger partial charge in [0.25, 0.3) is 0 Å². The number of aryl methyl sites for hydroxylation is 2. The Labute approximate surface area is 185 Å². The molecule has 30 heavy (non-hydrogen) atoms. The summed E-state index contributed by atoms with van der Waals surface area (Å²) in [5.41, 5.74) is 4.61. The minimum Gasteiger partial charge on any atom is -0.352 e. The Morgan fingerprint density at radius 3 is 2.20 bits per heavy atom. The highest BCUT2D eigenvalue weighted by molar-refractivity contribution is 7.99. The zero-order chi connectivity index (χ0) is 22.1. The number of thioether (sulfide) groups is 1. The molecule has 0 fully saturated rings. The molecule has 0 spiro atoms. The molecular formula is C25H34N2O2S. The van der Waals surface area contributed by atoms with Crippen molar-refractivity contribution in [1.82, 2.24) is 10.2 Å². The summed E-state index contributed by atoms with van der Waals surface area (Å²) in [4.78, 5) is 27.6. The molecule has 4 nitrogen and oxygen atoms in total. The van der Waals surface area contributed by atoms with E-state index in [1.165, 1.54) is 11.1 Å². The van der Waals surface area contributed by atoms with Gasteiger partial charge in [-0.25, -0.2) is 0 Å². The number of hydrogen-bond acceptors (Lipinski definition) is 3. The zero-order valence-corrected chi connectivity index (χ0v) is 19.6. The lowest BCUT2D eigenvalue weighted by atomic mass is 10.1. The van der Waals surface area contributed by atoms with Crippen molar-refractivity contribution in [2.75, 3.05) is 5.75 Å². The summed E-state index contributed by atoms with van der Waals surface area (Å²) >= 11 is 1.59. The molecule has 2 aromatic carbocycles. The minimum atomic E-state index is -0.522. The van der Waals surface area contributed by atoms with Crippen LogP contribution in [-0.4, -0.2) is 34.6 Å². The maximum absolute atomic E-state index is 13.1. The van der Waals surface area contributed by atoms with Crippen LogP contribution in [0.15, 0.2) is 48.5 Å². The van der Waals surface area contributed by atoms with E-state index < -0.39 is 6.04 Å². The Kier molecular flexibility index (Phi) is 9.44. The average Bonchev–Trinajstić information content (AvgIpc) is 2.71. The van der Waals surface area contributed by atoms with E-state index in [1.807, 2.05) is 52.0 Å². The second-order valence-electron chi connectivity index (χ2n) is 7.99. The molecule has 2 rings (SSSR count). The predicted octanol–water partition coefficient (Wildman–Crippen LogP) is 4.87. The van der Waals surface area contributed by atoms with Gasteiger partial charge < -0.3 is 10.2 Å². The molecule has 162 valence electrons. The van der Waals surface area contributed by atoms with Gasteiger partial charge in [-0.05, 0) is 45.2 Å². The molecule has 2 aromatic rings. The summed E-state index contributed by atoms with van der Waals surface area (Å²) in [6.07, 6.45) is 0.858. The highest BCUT2D eigenvalue weighted by Gasteiger charge is 2.26. The Bertz CT molecular complexity index is 853. The van der Waals surface area contributed by atoms with Crippen LogP contribution in [0.2, 0.25) is 0 Å². The van der Waals surface area contributed by atoms with E-state index >= 15 is 0 Å². The first-order valence-corrected chi connectivity index (χ1v) is 11.7. The Morgan fingerprint density at radius 2 is 1.60 bits per heavy atom. The number of nitrogens with zero attached hydrogens (tertiary/aromatic N) is 1. The normalized spacial score (nSPS) is 12.8. The average molecular weight is 427 g/mol. The molecule has 0 saturated carbocycles. The second kappa shape index (κ2) is 11.8. The third kappa shape index (κ3) is 7.52. The minimum absolute atomic E-state index is 0.0130. The number of carbonyl (C=O) groups excluding carboxylic acids is 2. The van der Waals surface area contributed by atoms with Crippen molar-refractivity contribution < 1.29 is 9.59 Å². The number of carbonyl (C=O) groups is 2. The molecule has 0 unspecified atom stereocenters. The third-order valence-corrected chi connectivity index (χ3v) is 6.17. The molecule has 0 radical (unpaired) electrons. The number of nitrogens with one attached hydrogen (secondary N) is 1. The van der Waals surface area contributed by atoms with Crippen LogP contribution in [-0.2, 0) is 21.9 Å². The molecule has 0 bridgehead atoms. The third-order valence-electron chi connectivity index (χ3n) is 5.18. The fraction of sp³-hybridized carbons (Fsp3) is 0.440. The summed E-state index contributed by atoms with van der Waals surface area (Å²) < 4.78 is 0. The number of hydrogen-bond donors (Lipinski definition) is 1. The topological polar surface area (TPSA) is 49.4 Å². The Morgan fingerprint density at radius 1 is 1.00 bits per heavy atom. The highest BCUT2D eigenvalue weighted by Crippen LogP contribution is 2.17. The molecule has 0 aromatic heterocycles. The number of rotatable bonds is 10. The molecule has 0 saturated heterocycles. The highest BCUT2D eigenvalue weighted by atomic mass is 32.2. The molecule has 0 aliphatic carbocycles. The molecule has 1 N–H and O–H groups in total. The monoisotopic (exact) mass is 426 g/mol. The van der Waals surface area contributed by atoms with Crippen molar-refractivity contribution in [3.05, 3.63) is 70.8 Å². The molecule has 0 aliphatic heterocycles. The lowest BCUT2D eigenvalue weighted by Gasteiger charge is -2.29. The van der Waals surface area contributed by atoms with Gasteiger partial charge in [0.2, 0.25) is 11.8 Å². The van der Waals surface area contributed by atoms with Crippen molar-refractivity contribution >= 4 is 23.6 Å². The first kappa shape index (κ1) is 24.0. The van der Waals surface area contributed by atoms with Crippen LogP contribution < -0.4 is 5.32 Å². The van der Waals surface area contributed by atoms with E-state index in [1.54, 1.807) is 16.7 Å². The fourth-order valence-electron chi connectivity index (χ4n) is 3.20. The van der Waals surface area contributed by atoms with Crippen LogP contribution >= 0.6 is 11.8 Å². The van der Waals surface area contributed by atoms with Gasteiger partial charge in [0.1, 0.15) is 6.04 Å². The van der Waals surface area contributed by atoms with Crippen LogP contribution in [0.5, 0.6) is 0 Å². The molecule has 5 heteroatoms. The SMILES string of the molecule is CC[C@H](C)NC(=O)[C@H](C)N(Cc1cccc(C)c1)C(=O)CSCc1cccc(C)c1. The lowest BCUT2D eigenvalue weighted by Crippen LogP contribution is -2.50. The smallest absolute Gasteiger partial charge is 0.242 e. The molecule has 0 aliphatic rings. The van der Waals surface area contributed by atoms with Gasteiger partial charge in [0, 0.05) is 18.3 Å². The van der Waals surface area contributed by atoms with Gasteiger partial charge in [-0.2, -0.15) is 0 Å². The largest absolute Gasteiger partial charge is 0.352 e. The number of benzene rings is 2. The van der Waals surface area contributed by atoms with Gasteiger partial charge in [0.05, 0.1) is 5.75 Å². The quantitative estimate of drug-likeness (QED) is 0.590. The van der Waals surface area contributed by atoms with Gasteiger partial charge in [-0.3, -0.25) is 9.59 Å². The van der Waals surface area contributed by atoms with Crippen molar-refractivity contribution in [3.63, 3.8) is 0 Å². The number of amides is 2. The van der Waals surface area contributed by atoms with E-state index in [2.05, 4.69) is 36.5 Å². The van der Waals surface area contributed by atoms with Gasteiger partial charge in [0.15, 0.2) is 0 Å². The van der Waals surface area contributed by atoms with Crippen molar-refractivity contribution in [2.45, 2.75) is 65.4 Å². The first-order chi connectivity index (χ1) is 14.3. The van der Waals surface area contributed by atoms with E-state index in [0.717, 1.165) is 23.3 Å². The fourth-order valence-corrected chi connectivity index (χ4v) is 4.05. The summed E-state index contributed by atoms with van der Waals surface area (Å²) in [5.74, 6) is 1.01. The van der Waals surface area contributed by atoms with E-state index in [0.29, 0.717) is 12.3 Å². The van der Waals surface area contributed by atoms with E-state index in [-0.39, 0.29) is 17.9 Å². The van der Waals surface area contributed by atoms with Crippen molar-refractivity contribution in [2.24, 2.45) is 0 Å². The maximum atomic E-state index is 13.1. The first-order valence-electron chi connectivity index (χ1n) is 10.6. The molecule has 2 amide bonds. The summed E-state index contributed by atoms with van der Waals surface area (Å²) in [5, 5.41) is 3.01. The Hall–Kier alpha value is -2.27. The summed E-state index contributed by atoms with van der Waals surface area (Å²) in [6.45, 7) is 10.4. The van der Waals surface area contributed by atoms with Gasteiger partial charge in [-0.1, -0.05) is 66.6 Å². The van der Waals surface area contributed by atoms with Crippen LogP contribution in [0.1, 0.15) is 49.4 Å². The zero-order valence-electron chi connectivity index (χ0n) is 18.8. The molecule has 0 heterocycles. The van der Waals surface area contributed by atoms with Gasteiger partial charge in [-0.15, -0.1) is 11.8 Å². The Balaban J connectivity index is 2.08. The van der Waals surface area contributed by atoms with E-state index in [9.17, 15) is 9.59 Å². The lowest BCUT2D eigenvalue weighted by molar-refractivity contribution is -0.138. The second-order valence-corrected chi connectivity index (χ2v) is 8.97. The standard InChI is InChI=1S/C25H34N2O2S/c1-6-20(4)26-25(29)21(5)27(15-22-11-7-9-18(2)13-22)24(28)17-30-16-23-12-8-10-19(3)14-23/h7-14,20-21H,6,15-17H2,1-5H3,(H,26,29)/t20-,21-/m0/s1. The summed E-state index contributed by atoms with van der Waals surface area (Å²) in [7, 11) is 0. The molecular weight excluding hydrogens is 392 g/mol. The van der Waals surface area contributed by atoms with Crippen LogP contribution in [0.4, 0.5) is 0 Å². The maximum Gasteiger partial charge on any atom is 0.242 e. The van der Waals surface area contributed by atoms with Crippen molar-refractivity contribution in [3.8, 4) is 0 Å². The summed E-state index contributed by atoms with van der Waals surface area (Å²) in [6, 6.07) is 16.0. The predicted molar refractivity (Wildman–Crippen MR) is 126 cm³/mol. The van der Waals surface area contributed by atoms with Crippen LogP contribution in [0, 0.1) is 13.8 Å². The molecule has 2 atom stereocenters. The van der Waals surface area contributed by atoms with Crippen molar-refractivity contribution in [1.29, 1.82) is 0 Å². The van der Waals surface area contributed by atoms with Crippen LogP contribution in [0.3, 0.4) is 0 Å². The van der Waals surface area contributed by atoms with Gasteiger partial charge >= 0.3 is 0 Å². The van der Waals surface area contributed by atoms with E-state index in [4.69, 9.17) is 0 Å². The van der Waals surface area contributed by atoms with Crippen LogP contribution in [0.25, 0.3) is 0 Å².